The molecule has 35 heavy (non-hydrogen) atoms. The van der Waals surface area contributed by atoms with Crippen LogP contribution in [0.4, 0.5) is 5.69 Å². The van der Waals surface area contributed by atoms with Gasteiger partial charge in [-0.2, -0.15) is 9.64 Å². The van der Waals surface area contributed by atoms with Crippen LogP contribution < -0.4 is 10.9 Å². The number of nitrogens with one attached hydrogen (secondary N) is 1. The number of benzene rings is 1. The van der Waals surface area contributed by atoms with Gasteiger partial charge in [0.1, 0.15) is 5.82 Å². The lowest BCUT2D eigenvalue weighted by atomic mass is 9.82. The molecule has 0 aliphatic carbocycles. The highest BCUT2D eigenvalue weighted by Crippen LogP contribution is 2.38. The van der Waals surface area contributed by atoms with Crippen molar-refractivity contribution in [1.29, 1.82) is 5.26 Å². The molecule has 1 amide bonds. The van der Waals surface area contributed by atoms with Crippen molar-refractivity contribution < 1.29 is 9.90 Å². The number of nitrogens with zero attached hydrogens (tertiary/aromatic N) is 6. The molecule has 4 aromatic rings. The molecule has 176 valence electrons. The van der Waals surface area contributed by atoms with Crippen molar-refractivity contribution in [2.24, 2.45) is 7.05 Å². The number of amides is 1. The van der Waals surface area contributed by atoms with Gasteiger partial charge in [-0.15, -0.1) is 0 Å². The molecule has 3 aromatic heterocycles. The first-order chi connectivity index (χ1) is 16.8. The van der Waals surface area contributed by atoms with Gasteiger partial charge in [0, 0.05) is 36.7 Å². The Morgan fingerprint density at radius 3 is 2.66 bits per heavy atom. The van der Waals surface area contributed by atoms with Crippen molar-refractivity contribution in [3.63, 3.8) is 0 Å². The third-order valence-electron chi connectivity index (χ3n) is 5.65. The van der Waals surface area contributed by atoms with Gasteiger partial charge >= 0.3 is 0 Å². The molecule has 2 N–H and O–H groups in total. The third kappa shape index (κ3) is 4.64. The molecule has 0 bridgehead atoms. The number of carbonyl (C=O) groups is 1. The second kappa shape index (κ2) is 9.82. The molecule has 0 aliphatic heterocycles. The second-order valence-electron chi connectivity index (χ2n) is 7.95. The fourth-order valence-electron chi connectivity index (χ4n) is 3.90. The van der Waals surface area contributed by atoms with Crippen molar-refractivity contribution >= 4 is 23.1 Å². The minimum atomic E-state index is -0.766. The largest absolute Gasteiger partial charge is 0.501 e. The normalized spacial score (nSPS) is 12.5. The van der Waals surface area contributed by atoms with E-state index in [1.165, 1.54) is 17.8 Å². The summed E-state index contributed by atoms with van der Waals surface area (Å²) in [7, 11) is 1.47. The first-order valence-corrected chi connectivity index (χ1v) is 11.4. The molecule has 11 heteroatoms. The van der Waals surface area contributed by atoms with E-state index in [1.54, 1.807) is 29.9 Å². The molecule has 0 radical (unpaired) electrons. The molecular formula is C24H21N7O3S. The first kappa shape index (κ1) is 23.7. The van der Waals surface area contributed by atoms with Gasteiger partial charge in [-0.25, -0.2) is 4.98 Å². The average Bonchev–Trinajstić information content (AvgIpc) is 3.37. The first-order valence-electron chi connectivity index (χ1n) is 10.6. The molecule has 3 heterocycles. The van der Waals surface area contributed by atoms with Gasteiger partial charge in [0.15, 0.2) is 5.69 Å². The number of aromatic hydroxyl groups is 1. The fraction of sp³-hybridized carbons (Fsp3) is 0.208. The van der Waals surface area contributed by atoms with Gasteiger partial charge in [0.2, 0.25) is 5.75 Å². The Bertz CT molecular complexity index is 1470. The summed E-state index contributed by atoms with van der Waals surface area (Å²) in [4.78, 5) is 39.0. The van der Waals surface area contributed by atoms with Gasteiger partial charge in [-0.05, 0) is 30.1 Å². The van der Waals surface area contributed by atoms with E-state index in [2.05, 4.69) is 30.7 Å². The maximum atomic E-state index is 12.9. The molecule has 2 unspecified atom stereocenters. The van der Waals surface area contributed by atoms with Crippen molar-refractivity contribution in [2.45, 2.75) is 25.7 Å². The van der Waals surface area contributed by atoms with Crippen LogP contribution in [0.5, 0.6) is 5.75 Å². The molecular weight excluding hydrogens is 466 g/mol. The lowest BCUT2D eigenvalue weighted by molar-refractivity contribution is 0.101. The minimum absolute atomic E-state index is 0.238. The van der Waals surface area contributed by atoms with Crippen molar-refractivity contribution in [3.05, 3.63) is 92.6 Å². The molecule has 4 rings (SSSR count). The maximum absolute atomic E-state index is 12.9. The average molecular weight is 488 g/mol. The topological polar surface area (TPSA) is 147 Å². The molecule has 0 saturated carbocycles. The van der Waals surface area contributed by atoms with Crippen LogP contribution in [0.15, 0.2) is 53.0 Å². The van der Waals surface area contributed by atoms with E-state index in [0.717, 1.165) is 17.2 Å². The Labute approximate surface area is 204 Å². The van der Waals surface area contributed by atoms with Crippen LogP contribution >= 0.6 is 11.5 Å². The monoisotopic (exact) mass is 487 g/mol. The Hall–Kier alpha value is -4.43. The second-order valence-corrected chi connectivity index (χ2v) is 8.60. The van der Waals surface area contributed by atoms with E-state index in [9.17, 15) is 20.0 Å². The van der Waals surface area contributed by atoms with E-state index in [0.29, 0.717) is 22.5 Å². The zero-order valence-electron chi connectivity index (χ0n) is 19.1. The van der Waals surface area contributed by atoms with Crippen molar-refractivity contribution in [1.82, 2.24) is 23.9 Å². The van der Waals surface area contributed by atoms with Gasteiger partial charge in [-0.3, -0.25) is 24.1 Å². The number of anilines is 1. The Kier molecular flexibility index (Phi) is 6.66. The summed E-state index contributed by atoms with van der Waals surface area (Å²) in [5, 5.41) is 24.4. The molecule has 0 fully saturated rings. The van der Waals surface area contributed by atoms with Gasteiger partial charge in [-0.1, -0.05) is 25.1 Å². The number of nitriles is 1. The molecule has 10 nitrogen and oxygen atoms in total. The summed E-state index contributed by atoms with van der Waals surface area (Å²) < 4.78 is 5.12. The summed E-state index contributed by atoms with van der Waals surface area (Å²) in [5.41, 5.74) is 1.68. The van der Waals surface area contributed by atoms with Gasteiger partial charge < -0.3 is 10.4 Å². The number of aryl methyl sites for hydroxylation is 1. The van der Waals surface area contributed by atoms with E-state index in [1.807, 2.05) is 26.0 Å². The van der Waals surface area contributed by atoms with Crippen molar-refractivity contribution in [3.8, 4) is 11.8 Å². The smallest absolute Gasteiger partial charge is 0.296 e. The zero-order valence-corrected chi connectivity index (χ0v) is 19.9. The number of aromatic nitrogens is 5. The predicted octanol–water partition coefficient (Wildman–Crippen LogP) is 3.10. The van der Waals surface area contributed by atoms with Crippen LogP contribution in [0, 0.1) is 18.3 Å². The van der Waals surface area contributed by atoms with Crippen LogP contribution in [0.3, 0.4) is 0 Å². The standard InChI is InChI=1S/C24H21N7O3S/c1-13-9-27-18(11-26-13)19(17-7-5-4-6-15(17)8-25)14(2)22-30-20(21(32)24(34)31(22)3)23(33)29-16-10-28-35-12-16/h4-7,9-12,14,19,32H,1-3H3,(H,29,33). The van der Waals surface area contributed by atoms with E-state index in [-0.39, 0.29) is 5.82 Å². The molecule has 0 spiro atoms. The zero-order chi connectivity index (χ0) is 25.1. The molecule has 0 saturated heterocycles. The lowest BCUT2D eigenvalue weighted by Gasteiger charge is -2.26. The van der Waals surface area contributed by atoms with Crippen LogP contribution in [-0.2, 0) is 7.05 Å². The summed E-state index contributed by atoms with van der Waals surface area (Å²) in [6, 6.07) is 9.30. The third-order valence-corrected chi connectivity index (χ3v) is 6.24. The highest BCUT2D eigenvalue weighted by atomic mass is 32.1. The lowest BCUT2D eigenvalue weighted by Crippen LogP contribution is -2.29. The number of rotatable bonds is 6. The van der Waals surface area contributed by atoms with Crippen molar-refractivity contribution in [2.75, 3.05) is 5.32 Å². The summed E-state index contributed by atoms with van der Waals surface area (Å²) in [5.74, 6) is -2.31. The molecule has 0 aliphatic rings. The van der Waals surface area contributed by atoms with Crippen LogP contribution in [0.2, 0.25) is 0 Å². The van der Waals surface area contributed by atoms with Crippen LogP contribution in [-0.4, -0.2) is 34.9 Å². The quantitative estimate of drug-likeness (QED) is 0.422. The molecule has 2 atom stereocenters. The fourth-order valence-corrected chi connectivity index (χ4v) is 4.36. The van der Waals surface area contributed by atoms with E-state index in [4.69, 9.17) is 0 Å². The van der Waals surface area contributed by atoms with Gasteiger partial charge in [0.25, 0.3) is 11.5 Å². The molecule has 1 aromatic carbocycles. The SMILES string of the molecule is Cc1cnc(C(c2ccccc2C#N)C(C)c2nc(C(=O)Nc3cnsc3)c(O)c(=O)n2C)cn1. The highest BCUT2D eigenvalue weighted by Gasteiger charge is 2.31. The Morgan fingerprint density at radius 1 is 1.23 bits per heavy atom. The summed E-state index contributed by atoms with van der Waals surface area (Å²) >= 11 is 1.15. The Balaban J connectivity index is 1.86. The highest BCUT2D eigenvalue weighted by molar-refractivity contribution is 7.04. The van der Waals surface area contributed by atoms with E-state index < -0.39 is 34.7 Å². The summed E-state index contributed by atoms with van der Waals surface area (Å²) in [6.45, 7) is 3.64. The van der Waals surface area contributed by atoms with Crippen LogP contribution in [0.1, 0.15) is 57.6 Å². The summed E-state index contributed by atoms with van der Waals surface area (Å²) in [6.07, 6.45) is 4.70. The Morgan fingerprint density at radius 2 is 2.00 bits per heavy atom. The van der Waals surface area contributed by atoms with Crippen LogP contribution in [0.25, 0.3) is 0 Å². The van der Waals surface area contributed by atoms with E-state index >= 15 is 0 Å². The number of hydrogen-bond donors (Lipinski definition) is 2. The van der Waals surface area contributed by atoms with Gasteiger partial charge in [0.05, 0.1) is 34.9 Å². The predicted molar refractivity (Wildman–Crippen MR) is 129 cm³/mol. The maximum Gasteiger partial charge on any atom is 0.296 e. The number of hydrogen-bond acceptors (Lipinski definition) is 9. The minimum Gasteiger partial charge on any atom is -0.501 e. The number of carbonyl (C=O) groups excluding carboxylic acids is 1.